The van der Waals surface area contributed by atoms with E-state index in [4.69, 9.17) is 10.8 Å². The fourth-order valence-corrected chi connectivity index (χ4v) is 7.10. The Bertz CT molecular complexity index is 2000. The highest BCUT2D eigenvalue weighted by Gasteiger charge is 2.39. The Morgan fingerprint density at radius 2 is 1.17 bits per heavy atom. The van der Waals surface area contributed by atoms with Gasteiger partial charge in [-0.2, -0.15) is 0 Å². The van der Waals surface area contributed by atoms with Crippen LogP contribution in [-0.2, 0) is 64.2 Å². The van der Waals surface area contributed by atoms with Gasteiger partial charge >= 0.3 is 11.9 Å². The highest BCUT2D eigenvalue weighted by atomic mass is 32.2. The van der Waals surface area contributed by atoms with Gasteiger partial charge in [0, 0.05) is 25.5 Å². The molecule has 0 aliphatic rings. The molecule has 0 radical (unpaired) electrons. The minimum Gasteiger partial charge on any atom is -0.481 e. The van der Waals surface area contributed by atoms with Crippen LogP contribution in [-0.4, -0.2) is 126 Å². The van der Waals surface area contributed by atoms with Crippen molar-refractivity contribution in [2.24, 2.45) is 17.1 Å². The number of primary amides is 1. The lowest BCUT2D eigenvalue weighted by atomic mass is 9.85. The van der Waals surface area contributed by atoms with Crippen molar-refractivity contribution >= 4 is 68.9 Å². The minimum absolute atomic E-state index is 0.0875. The molecule has 6 atom stereocenters. The molecule has 0 unspecified atom stereocenters. The van der Waals surface area contributed by atoms with Crippen molar-refractivity contribution in [1.82, 2.24) is 31.9 Å². The first-order valence-corrected chi connectivity index (χ1v) is 23.4. The van der Waals surface area contributed by atoms with E-state index in [0.29, 0.717) is 24.0 Å². The van der Waals surface area contributed by atoms with Crippen molar-refractivity contribution < 1.29 is 66.6 Å². The van der Waals surface area contributed by atoms with Crippen LogP contribution in [0.5, 0.6) is 0 Å². The third kappa shape index (κ3) is 22.0. The van der Waals surface area contributed by atoms with Gasteiger partial charge in [0.25, 0.3) is 5.91 Å². The minimum atomic E-state index is -3.70. The number of ketones is 1. The van der Waals surface area contributed by atoms with Crippen LogP contribution in [0.25, 0.3) is 0 Å². The zero-order chi connectivity index (χ0) is 49.8. The number of sulfone groups is 1. The van der Waals surface area contributed by atoms with Crippen molar-refractivity contribution in [3.8, 4) is 0 Å². The predicted molar refractivity (Wildman–Crippen MR) is 237 cm³/mol. The quantitative estimate of drug-likeness (QED) is 0.0476. The number of benzene rings is 1. The SMILES string of the molecule is CCCC[C@H](NC(=O)[C@H](CC(C)C)NC(=O)[C@@H](NC(=O)[C@H](Cc1ccccc1C)NC(=O)[C@H](CCC(=O)O)NC(=O)[C@H](CCS(C)(=O)=O)NC(=O)CCC(=O)O)C(C)(C)C)C(=O)C(N)=O. The number of nitrogens with two attached hydrogens (primary N) is 1. The Balaban J connectivity index is 3.63. The molecule has 22 heteroatoms. The number of carbonyl (C=O) groups is 10. The summed E-state index contributed by atoms with van der Waals surface area (Å²) in [5.74, 6) is -11.2. The van der Waals surface area contributed by atoms with Gasteiger partial charge in [0.1, 0.15) is 40.0 Å². The van der Waals surface area contributed by atoms with Crippen LogP contribution in [0.3, 0.4) is 0 Å². The molecule has 0 saturated heterocycles. The molecule has 0 saturated carbocycles. The van der Waals surface area contributed by atoms with Crippen LogP contribution in [0.4, 0.5) is 0 Å². The van der Waals surface area contributed by atoms with Gasteiger partial charge in [-0.25, -0.2) is 8.42 Å². The Hall–Kier alpha value is -5.93. The summed E-state index contributed by atoms with van der Waals surface area (Å²) < 4.78 is 24.0. The normalized spacial score (nSPS) is 14.3. The van der Waals surface area contributed by atoms with E-state index in [0.717, 1.165) is 6.26 Å². The first-order chi connectivity index (χ1) is 30.1. The van der Waals surface area contributed by atoms with Gasteiger partial charge in [-0.15, -0.1) is 0 Å². The molecule has 7 amide bonds. The number of aliphatic carboxylic acids is 2. The molecule has 21 nitrogen and oxygen atoms in total. The van der Waals surface area contributed by atoms with Crippen LogP contribution < -0.4 is 37.6 Å². The molecule has 0 aliphatic heterocycles. The molecule has 10 N–H and O–H groups in total. The molecule has 0 spiro atoms. The van der Waals surface area contributed by atoms with E-state index in [2.05, 4.69) is 31.9 Å². The van der Waals surface area contributed by atoms with Gasteiger partial charge in [0.2, 0.25) is 41.2 Å². The van der Waals surface area contributed by atoms with Gasteiger partial charge in [0.15, 0.2) is 0 Å². The molecule has 1 aromatic rings. The molecule has 1 rings (SSSR count). The number of aryl methyl sites for hydroxylation is 1. The molecular weight excluding hydrogens is 871 g/mol. The summed E-state index contributed by atoms with van der Waals surface area (Å²) in [6.07, 6.45) is -0.816. The molecular formula is C43H67N7O14S. The van der Waals surface area contributed by atoms with E-state index in [1.165, 1.54) is 0 Å². The second-order valence-electron chi connectivity index (χ2n) is 17.5. The summed E-state index contributed by atoms with van der Waals surface area (Å²) in [6.45, 7) is 12.1. The van der Waals surface area contributed by atoms with Crippen molar-refractivity contribution in [2.75, 3.05) is 12.0 Å². The fraction of sp³-hybridized carbons (Fsp3) is 0.628. The number of hydrogen-bond donors (Lipinski definition) is 9. The zero-order valence-electron chi connectivity index (χ0n) is 38.4. The maximum atomic E-state index is 14.4. The number of rotatable bonds is 29. The Morgan fingerprint density at radius 1 is 0.662 bits per heavy atom. The first-order valence-electron chi connectivity index (χ1n) is 21.4. The lowest BCUT2D eigenvalue weighted by molar-refractivity contribution is -0.140. The smallest absolute Gasteiger partial charge is 0.303 e. The van der Waals surface area contributed by atoms with Crippen LogP contribution in [0.1, 0.15) is 110 Å². The predicted octanol–water partition coefficient (Wildman–Crippen LogP) is -0.0526. The Morgan fingerprint density at radius 3 is 1.68 bits per heavy atom. The maximum absolute atomic E-state index is 14.4. The summed E-state index contributed by atoms with van der Waals surface area (Å²) in [7, 11) is -3.70. The van der Waals surface area contributed by atoms with E-state index in [9.17, 15) is 61.5 Å². The maximum Gasteiger partial charge on any atom is 0.303 e. The first kappa shape index (κ1) is 57.1. The number of carboxylic acids is 2. The highest BCUT2D eigenvalue weighted by Crippen LogP contribution is 2.21. The Labute approximate surface area is 379 Å². The van der Waals surface area contributed by atoms with Crippen molar-refractivity contribution in [3.63, 3.8) is 0 Å². The second-order valence-corrected chi connectivity index (χ2v) is 19.8. The molecule has 0 aliphatic carbocycles. The average Bonchev–Trinajstić information content (AvgIpc) is 3.19. The average molecular weight is 938 g/mol. The number of nitrogens with one attached hydrogen (secondary N) is 6. The number of unbranched alkanes of at least 4 members (excludes halogenated alkanes) is 1. The van der Waals surface area contributed by atoms with Crippen LogP contribution >= 0.6 is 0 Å². The largest absolute Gasteiger partial charge is 0.481 e. The second kappa shape index (κ2) is 26.8. The van der Waals surface area contributed by atoms with Crippen molar-refractivity contribution in [1.29, 1.82) is 0 Å². The summed E-state index contributed by atoms with van der Waals surface area (Å²) in [6, 6.07) is -1.76. The number of hydrogen-bond acceptors (Lipinski definition) is 12. The monoisotopic (exact) mass is 937 g/mol. The zero-order valence-corrected chi connectivity index (χ0v) is 39.2. The third-order valence-corrected chi connectivity index (χ3v) is 11.0. The van der Waals surface area contributed by atoms with E-state index in [-0.39, 0.29) is 25.2 Å². The van der Waals surface area contributed by atoms with Crippen LogP contribution in [0.2, 0.25) is 0 Å². The van der Waals surface area contributed by atoms with Crippen LogP contribution in [0, 0.1) is 18.3 Å². The molecule has 0 bridgehead atoms. The van der Waals surface area contributed by atoms with Gasteiger partial charge in [0.05, 0.1) is 18.2 Å². The number of amides is 7. The standard InChI is InChI=1S/C43H67N7O14S/c1-9-10-15-27(35(56)37(44)57)46-40(60)30(22-24(2)3)49-42(62)36(43(5,6)7)50-41(61)31(23-26-14-12-11-13-25(26)4)48-38(58)28(16-18-33(52)53)47-39(59)29(20-21-65(8,63)64)45-32(51)17-19-34(54)55/h11-14,24,27-31,36H,9-10,15-23H2,1-8H3,(H2,44,57)(H,45,51)(H,46,60)(H,47,59)(H,48,58)(H,49,62)(H,50,61)(H,52,53)(H,54,55)/t27-,28-,29-,30-,31-,36+/m0/s1. The third-order valence-electron chi connectivity index (χ3n) is 10.1. The molecule has 0 aromatic heterocycles. The van der Waals surface area contributed by atoms with E-state index in [1.54, 1.807) is 65.8 Å². The van der Waals surface area contributed by atoms with Crippen molar-refractivity contribution in [3.05, 3.63) is 35.4 Å². The summed E-state index contributed by atoms with van der Waals surface area (Å²) >= 11 is 0. The summed E-state index contributed by atoms with van der Waals surface area (Å²) in [5.41, 5.74) is 5.48. The van der Waals surface area contributed by atoms with Gasteiger partial charge < -0.3 is 47.8 Å². The summed E-state index contributed by atoms with van der Waals surface area (Å²) in [4.78, 5) is 129. The molecule has 364 valence electrons. The van der Waals surface area contributed by atoms with Gasteiger partial charge in [-0.05, 0) is 55.1 Å². The summed E-state index contributed by atoms with van der Waals surface area (Å²) in [5, 5.41) is 33.5. The van der Waals surface area contributed by atoms with Crippen molar-refractivity contribution in [2.45, 2.75) is 149 Å². The van der Waals surface area contributed by atoms with Gasteiger partial charge in [-0.1, -0.05) is 78.6 Å². The van der Waals surface area contributed by atoms with Gasteiger partial charge in [-0.3, -0.25) is 47.9 Å². The molecule has 65 heavy (non-hydrogen) atoms. The number of Topliss-reactive ketones (excluding diaryl/α,β-unsaturated/α-hetero) is 1. The lowest BCUT2D eigenvalue weighted by Gasteiger charge is -2.34. The Kier molecular flexibility index (Phi) is 23.5. The topological polar surface area (TPSA) is 343 Å². The molecule has 0 fully saturated rings. The van der Waals surface area contributed by atoms with E-state index < -0.39 is 148 Å². The molecule has 1 aromatic carbocycles. The highest BCUT2D eigenvalue weighted by molar-refractivity contribution is 7.90. The number of carbonyl (C=O) groups excluding carboxylic acids is 8. The fourth-order valence-electron chi connectivity index (χ4n) is 6.43. The lowest BCUT2D eigenvalue weighted by Crippen LogP contribution is -2.62. The van der Waals surface area contributed by atoms with E-state index in [1.807, 2.05) is 6.92 Å². The van der Waals surface area contributed by atoms with E-state index >= 15 is 0 Å². The molecule has 0 heterocycles. The number of carboxylic acid groups (broad SMARTS) is 2. The van der Waals surface area contributed by atoms with Crippen LogP contribution in [0.15, 0.2) is 24.3 Å².